The number of aliphatic imine (C=N–C) groups is 1. The number of halogens is 1. The lowest BCUT2D eigenvalue weighted by molar-refractivity contribution is -0.117. The fraction of sp³-hybridized carbons (Fsp3) is 0.200. The van der Waals surface area contributed by atoms with Crippen LogP contribution in [0.2, 0.25) is 0 Å². The lowest BCUT2D eigenvalue weighted by atomic mass is 10.3. The van der Waals surface area contributed by atoms with Crippen molar-refractivity contribution in [2.45, 2.75) is 6.42 Å². The van der Waals surface area contributed by atoms with Crippen molar-refractivity contribution in [1.29, 1.82) is 0 Å². The highest BCUT2D eigenvalue weighted by Crippen LogP contribution is 2.12. The van der Waals surface area contributed by atoms with Crippen molar-refractivity contribution in [1.82, 2.24) is 0 Å². The topological polar surface area (TPSA) is 78.2 Å². The van der Waals surface area contributed by atoms with Gasteiger partial charge in [-0.15, -0.1) is 0 Å². The summed E-state index contributed by atoms with van der Waals surface area (Å²) in [5, 5.41) is 3.18. The van der Waals surface area contributed by atoms with Gasteiger partial charge < -0.3 is 0 Å². The fourth-order valence-corrected chi connectivity index (χ4v) is 0.820. The first-order chi connectivity index (χ1) is 5.24. The van der Waals surface area contributed by atoms with Crippen LogP contribution in [0.3, 0.4) is 0 Å². The maximum atomic E-state index is 10.6. The van der Waals surface area contributed by atoms with Crippen LogP contribution in [0.5, 0.6) is 0 Å². The van der Waals surface area contributed by atoms with Gasteiger partial charge in [0.25, 0.3) is 5.91 Å². The summed E-state index contributed by atoms with van der Waals surface area (Å²) < 4.78 is 0. The van der Waals surface area contributed by atoms with Gasteiger partial charge in [-0.25, -0.2) is 4.99 Å². The van der Waals surface area contributed by atoms with E-state index in [1.54, 1.807) is 0 Å². The van der Waals surface area contributed by atoms with Crippen LogP contribution in [0.1, 0.15) is 6.42 Å². The molecule has 0 saturated carbocycles. The van der Waals surface area contributed by atoms with Crippen LogP contribution in [0.25, 0.3) is 10.4 Å². The molecule has 1 amide bonds. The Balaban J connectivity index is 2.93. The molecule has 6 heteroatoms. The Hall–Kier alpha value is -1.32. The highest BCUT2D eigenvalue weighted by atomic mass is 35.5. The first-order valence-corrected chi connectivity index (χ1v) is 3.14. The zero-order chi connectivity index (χ0) is 8.27. The van der Waals surface area contributed by atoms with E-state index >= 15 is 0 Å². The van der Waals surface area contributed by atoms with Crippen LogP contribution < -0.4 is 0 Å². The average molecular weight is 171 g/mol. The maximum Gasteiger partial charge on any atom is 0.250 e. The van der Waals surface area contributed by atoms with Crippen LogP contribution in [-0.2, 0) is 4.79 Å². The summed E-state index contributed by atoms with van der Waals surface area (Å²) in [5.74, 6) is -0.327. The molecule has 56 valence electrons. The van der Waals surface area contributed by atoms with Gasteiger partial charge in [0.15, 0.2) is 0 Å². The summed E-state index contributed by atoms with van der Waals surface area (Å²) in [6, 6.07) is 0. The van der Waals surface area contributed by atoms with Crippen LogP contribution in [0.15, 0.2) is 21.9 Å². The van der Waals surface area contributed by atoms with Gasteiger partial charge in [0, 0.05) is 11.3 Å². The molecule has 0 aliphatic carbocycles. The molecule has 0 aromatic heterocycles. The molecule has 0 radical (unpaired) electrons. The van der Waals surface area contributed by atoms with E-state index in [2.05, 4.69) is 15.0 Å². The van der Waals surface area contributed by atoms with Gasteiger partial charge >= 0.3 is 0 Å². The monoisotopic (exact) mass is 170 g/mol. The summed E-state index contributed by atoms with van der Waals surface area (Å²) in [6.45, 7) is 0. The fourth-order valence-electron chi connectivity index (χ4n) is 0.611. The molecule has 0 atom stereocenters. The van der Waals surface area contributed by atoms with E-state index < -0.39 is 0 Å². The number of carbonyl (C=O) groups excluding carboxylic acids is 1. The molecule has 1 heterocycles. The number of hydrogen-bond acceptors (Lipinski definition) is 2. The van der Waals surface area contributed by atoms with Gasteiger partial charge in [0.2, 0.25) is 0 Å². The Morgan fingerprint density at radius 1 is 1.82 bits per heavy atom. The first kappa shape index (κ1) is 7.78. The second-order valence-electron chi connectivity index (χ2n) is 1.78. The zero-order valence-corrected chi connectivity index (χ0v) is 6.12. The van der Waals surface area contributed by atoms with Crippen molar-refractivity contribution >= 4 is 22.7 Å². The van der Waals surface area contributed by atoms with Crippen molar-refractivity contribution < 1.29 is 4.79 Å². The molecule has 1 aliphatic rings. The summed E-state index contributed by atoms with van der Waals surface area (Å²) in [4.78, 5) is 16.5. The van der Waals surface area contributed by atoms with Gasteiger partial charge in [-0.3, -0.25) is 4.79 Å². The zero-order valence-electron chi connectivity index (χ0n) is 5.36. The van der Waals surface area contributed by atoms with Crippen molar-refractivity contribution in [2.75, 3.05) is 0 Å². The number of allylic oxidation sites excluding steroid dienone is 1. The quantitative estimate of drug-likeness (QED) is 0.335. The van der Waals surface area contributed by atoms with Gasteiger partial charge in [0.1, 0.15) is 5.17 Å². The van der Waals surface area contributed by atoms with Gasteiger partial charge in [-0.05, 0) is 5.53 Å². The van der Waals surface area contributed by atoms with Crippen molar-refractivity contribution in [2.24, 2.45) is 10.1 Å². The number of dihydropyridines is 1. The predicted molar refractivity (Wildman–Crippen MR) is 40.1 cm³/mol. The lowest BCUT2D eigenvalue weighted by Gasteiger charge is -2.01. The molecular weight excluding hydrogens is 168 g/mol. The van der Waals surface area contributed by atoms with E-state index in [0.29, 0.717) is 0 Å². The maximum absolute atomic E-state index is 10.6. The number of hydrogen-bond donors (Lipinski definition) is 0. The second-order valence-corrected chi connectivity index (χ2v) is 2.14. The standard InChI is InChI=1S/C5H3ClN4O/c6-5-3(9-10-7)1-2-4(11)8-5/h1H,2H2. The smallest absolute Gasteiger partial charge is 0.250 e. The third-order valence-electron chi connectivity index (χ3n) is 1.06. The predicted octanol–water partition coefficient (Wildman–Crippen LogP) is 1.75. The van der Waals surface area contributed by atoms with E-state index in [9.17, 15) is 4.79 Å². The van der Waals surface area contributed by atoms with Gasteiger partial charge in [0.05, 0.1) is 5.70 Å². The number of nitrogens with zero attached hydrogens (tertiary/aromatic N) is 4. The summed E-state index contributed by atoms with van der Waals surface area (Å²) >= 11 is 5.45. The molecular formula is C5H3ClN4O. The minimum Gasteiger partial charge on any atom is -0.272 e. The molecule has 0 saturated heterocycles. The minimum atomic E-state index is -0.327. The summed E-state index contributed by atoms with van der Waals surface area (Å²) in [6.07, 6.45) is 1.59. The number of carbonyl (C=O) groups is 1. The highest BCUT2D eigenvalue weighted by molar-refractivity contribution is 6.70. The molecule has 0 aromatic rings. The molecule has 0 unspecified atom stereocenters. The average Bonchev–Trinajstić information content (AvgIpc) is 1.95. The molecule has 0 spiro atoms. The van der Waals surface area contributed by atoms with E-state index in [1.807, 2.05) is 0 Å². The minimum absolute atomic E-state index is 0.0425. The highest BCUT2D eigenvalue weighted by Gasteiger charge is 2.10. The summed E-state index contributed by atoms with van der Waals surface area (Å²) in [7, 11) is 0. The van der Waals surface area contributed by atoms with E-state index in [-0.39, 0.29) is 23.2 Å². The largest absolute Gasteiger partial charge is 0.272 e. The van der Waals surface area contributed by atoms with E-state index in [4.69, 9.17) is 17.1 Å². The second kappa shape index (κ2) is 3.18. The normalized spacial score (nSPS) is 16.6. The molecule has 1 aliphatic heterocycles. The molecule has 0 fully saturated rings. The first-order valence-electron chi connectivity index (χ1n) is 2.76. The van der Waals surface area contributed by atoms with Crippen LogP contribution >= 0.6 is 11.6 Å². The Bertz CT molecular complexity index is 300. The number of amides is 1. The molecule has 0 bridgehead atoms. The van der Waals surface area contributed by atoms with Crippen LogP contribution in [0.4, 0.5) is 0 Å². The third-order valence-corrected chi connectivity index (χ3v) is 1.33. The molecule has 1 rings (SSSR count). The number of rotatable bonds is 1. The summed E-state index contributed by atoms with van der Waals surface area (Å²) in [5.41, 5.74) is 8.24. The SMILES string of the molecule is [N-]=[N+]=NC1=CCC(=O)N=C1Cl. The Morgan fingerprint density at radius 3 is 3.09 bits per heavy atom. The van der Waals surface area contributed by atoms with Crippen molar-refractivity contribution in [3.63, 3.8) is 0 Å². The molecule has 0 aromatic carbocycles. The Labute approximate surface area is 67.0 Å². The van der Waals surface area contributed by atoms with E-state index in [1.165, 1.54) is 6.08 Å². The van der Waals surface area contributed by atoms with Gasteiger partial charge in [-0.2, -0.15) is 0 Å². The Morgan fingerprint density at radius 2 is 2.55 bits per heavy atom. The van der Waals surface area contributed by atoms with Crippen molar-refractivity contribution in [3.8, 4) is 0 Å². The molecule has 0 N–H and O–H groups in total. The van der Waals surface area contributed by atoms with E-state index in [0.717, 1.165) is 0 Å². The third kappa shape index (κ3) is 1.80. The molecule has 11 heavy (non-hydrogen) atoms. The Kier molecular flexibility index (Phi) is 2.25. The number of azide groups is 1. The lowest BCUT2D eigenvalue weighted by Crippen LogP contribution is -2.04. The van der Waals surface area contributed by atoms with Crippen molar-refractivity contribution in [3.05, 3.63) is 22.2 Å². The van der Waals surface area contributed by atoms with Crippen LogP contribution in [0, 0.1) is 0 Å². The van der Waals surface area contributed by atoms with Gasteiger partial charge in [-0.1, -0.05) is 22.8 Å². The molecule has 5 nitrogen and oxygen atoms in total. The van der Waals surface area contributed by atoms with Crippen LogP contribution in [-0.4, -0.2) is 11.1 Å².